The van der Waals surface area contributed by atoms with Crippen LogP contribution in [0.25, 0.3) is 0 Å². The van der Waals surface area contributed by atoms with Gasteiger partial charge in [0.25, 0.3) is 0 Å². The molecule has 0 aliphatic heterocycles. The second-order valence-corrected chi connectivity index (χ2v) is 8.07. The first-order valence-corrected chi connectivity index (χ1v) is 10.5. The lowest BCUT2D eigenvalue weighted by Crippen LogP contribution is -2.16. The molecular formula is C20H21BrFN3O2S. The maximum absolute atomic E-state index is 13.8. The summed E-state index contributed by atoms with van der Waals surface area (Å²) in [6.45, 7) is 2.67. The number of thioether (sulfide) groups is 1. The molecule has 1 aromatic heterocycles. The highest BCUT2D eigenvalue weighted by molar-refractivity contribution is 9.10. The number of rotatable bonds is 9. The van der Waals surface area contributed by atoms with Crippen molar-refractivity contribution in [3.8, 4) is 5.75 Å². The quantitative estimate of drug-likeness (QED) is 0.403. The minimum absolute atomic E-state index is 0.0200. The molecular weight excluding hydrogens is 445 g/mol. The number of methoxy groups -OCH3 is 1. The molecule has 3 rings (SSSR count). The van der Waals surface area contributed by atoms with E-state index in [1.807, 2.05) is 23.6 Å². The average Bonchev–Trinajstić information content (AvgIpc) is 3.10. The normalized spacial score (nSPS) is 12.1. The molecule has 0 bridgehead atoms. The van der Waals surface area contributed by atoms with E-state index < -0.39 is 5.82 Å². The molecule has 5 nitrogen and oxygen atoms in total. The Hall–Kier alpha value is -1.90. The van der Waals surface area contributed by atoms with Gasteiger partial charge in [-0.25, -0.2) is 4.39 Å². The van der Waals surface area contributed by atoms with Crippen molar-refractivity contribution < 1.29 is 13.9 Å². The first-order valence-electron chi connectivity index (χ1n) is 8.75. The number of nitrogens with zero attached hydrogens (tertiary/aromatic N) is 3. The lowest BCUT2D eigenvalue weighted by atomic mass is 10.2. The van der Waals surface area contributed by atoms with Crippen LogP contribution >= 0.6 is 27.7 Å². The zero-order valence-electron chi connectivity index (χ0n) is 15.6. The molecule has 8 heteroatoms. The average molecular weight is 466 g/mol. The Morgan fingerprint density at radius 3 is 2.61 bits per heavy atom. The van der Waals surface area contributed by atoms with E-state index in [0.717, 1.165) is 15.4 Å². The highest BCUT2D eigenvalue weighted by atomic mass is 79.9. The van der Waals surface area contributed by atoms with E-state index in [0.29, 0.717) is 12.4 Å². The van der Waals surface area contributed by atoms with E-state index in [1.54, 1.807) is 37.1 Å². The second kappa shape index (κ2) is 10.0. The Kier molecular flexibility index (Phi) is 7.47. The predicted molar refractivity (Wildman–Crippen MR) is 111 cm³/mol. The molecule has 0 spiro atoms. The van der Waals surface area contributed by atoms with E-state index >= 15 is 0 Å². The summed E-state index contributed by atoms with van der Waals surface area (Å²) < 4.78 is 27.8. The van der Waals surface area contributed by atoms with E-state index in [9.17, 15) is 4.39 Å². The van der Waals surface area contributed by atoms with Gasteiger partial charge in [0, 0.05) is 17.3 Å². The molecule has 2 aromatic carbocycles. The number of benzene rings is 2. The van der Waals surface area contributed by atoms with E-state index in [4.69, 9.17) is 9.47 Å². The highest BCUT2D eigenvalue weighted by Crippen LogP contribution is 2.27. The molecule has 1 atom stereocenters. The molecule has 0 saturated carbocycles. The standard InChI is InChI=1S/C20H21BrFN3O2S/c1-14(11-26-2)25-19(12-27-18-6-4-3-5-17(18)22)23-24-20(25)28-13-15-7-9-16(21)10-8-15/h3-10,14H,11-13H2,1-2H3/t14-/m0/s1. The third-order valence-electron chi connectivity index (χ3n) is 4.06. The molecule has 1 heterocycles. The van der Waals surface area contributed by atoms with Gasteiger partial charge in [0.1, 0.15) is 6.61 Å². The number of ether oxygens (including phenoxy) is 2. The van der Waals surface area contributed by atoms with Gasteiger partial charge in [0.2, 0.25) is 0 Å². The van der Waals surface area contributed by atoms with Crippen molar-refractivity contribution in [3.63, 3.8) is 0 Å². The molecule has 0 amide bonds. The Balaban J connectivity index is 1.76. The van der Waals surface area contributed by atoms with E-state index in [-0.39, 0.29) is 18.4 Å². The van der Waals surface area contributed by atoms with Gasteiger partial charge < -0.3 is 9.47 Å². The van der Waals surface area contributed by atoms with Crippen LogP contribution in [0, 0.1) is 5.82 Å². The minimum atomic E-state index is -0.400. The molecule has 0 N–H and O–H groups in total. The van der Waals surface area contributed by atoms with Crippen molar-refractivity contribution in [1.82, 2.24) is 14.8 Å². The lowest BCUT2D eigenvalue weighted by molar-refractivity contribution is 0.154. The van der Waals surface area contributed by atoms with Crippen LogP contribution in [-0.4, -0.2) is 28.5 Å². The van der Waals surface area contributed by atoms with Crippen LogP contribution in [0.2, 0.25) is 0 Å². The Labute approximate surface area is 176 Å². The fraction of sp³-hybridized carbons (Fsp3) is 0.300. The van der Waals surface area contributed by atoms with Gasteiger partial charge in [-0.2, -0.15) is 0 Å². The summed E-state index contributed by atoms with van der Waals surface area (Å²) >= 11 is 5.04. The summed E-state index contributed by atoms with van der Waals surface area (Å²) in [5, 5.41) is 9.37. The minimum Gasteiger partial charge on any atom is -0.483 e. The number of aromatic nitrogens is 3. The topological polar surface area (TPSA) is 49.2 Å². The molecule has 0 fully saturated rings. The summed E-state index contributed by atoms with van der Waals surface area (Å²) in [6.07, 6.45) is 0. The molecule has 28 heavy (non-hydrogen) atoms. The zero-order valence-corrected chi connectivity index (χ0v) is 18.0. The van der Waals surface area contributed by atoms with Crippen molar-refractivity contribution in [2.45, 2.75) is 30.5 Å². The van der Waals surface area contributed by atoms with Crippen LogP contribution < -0.4 is 4.74 Å². The third-order valence-corrected chi connectivity index (χ3v) is 5.60. The molecule has 0 saturated heterocycles. The van der Waals surface area contributed by atoms with E-state index in [1.165, 1.54) is 11.6 Å². The van der Waals surface area contributed by atoms with Crippen molar-refractivity contribution >= 4 is 27.7 Å². The lowest BCUT2D eigenvalue weighted by Gasteiger charge is -2.17. The van der Waals surface area contributed by atoms with Crippen LogP contribution in [0.15, 0.2) is 58.2 Å². The zero-order chi connectivity index (χ0) is 19.9. The SMILES string of the molecule is COC[C@H](C)n1c(COc2ccccc2F)nnc1SCc1ccc(Br)cc1. The predicted octanol–water partition coefficient (Wildman–Crippen LogP) is 5.26. The molecule has 3 aromatic rings. The summed E-state index contributed by atoms with van der Waals surface area (Å²) in [5.74, 6) is 1.19. The van der Waals surface area contributed by atoms with Gasteiger partial charge >= 0.3 is 0 Å². The van der Waals surface area contributed by atoms with Gasteiger partial charge in [-0.05, 0) is 36.8 Å². The number of para-hydroxylation sites is 1. The Bertz CT molecular complexity index is 905. The van der Waals surface area contributed by atoms with Gasteiger partial charge in [-0.3, -0.25) is 4.57 Å². The van der Waals surface area contributed by atoms with Crippen LogP contribution in [0.4, 0.5) is 4.39 Å². The molecule has 0 radical (unpaired) electrons. The highest BCUT2D eigenvalue weighted by Gasteiger charge is 2.19. The number of hydrogen-bond acceptors (Lipinski definition) is 5. The van der Waals surface area contributed by atoms with Gasteiger partial charge in [-0.15, -0.1) is 10.2 Å². The monoisotopic (exact) mass is 465 g/mol. The van der Waals surface area contributed by atoms with Gasteiger partial charge in [0.05, 0.1) is 12.6 Å². The van der Waals surface area contributed by atoms with Crippen molar-refractivity contribution in [2.75, 3.05) is 13.7 Å². The first-order chi connectivity index (χ1) is 13.6. The van der Waals surface area contributed by atoms with Crippen molar-refractivity contribution in [3.05, 3.63) is 70.2 Å². The van der Waals surface area contributed by atoms with Crippen LogP contribution in [0.1, 0.15) is 24.4 Å². The fourth-order valence-corrected chi connectivity index (χ4v) is 3.97. The first kappa shape index (κ1) is 20.8. The van der Waals surface area contributed by atoms with E-state index in [2.05, 4.69) is 38.3 Å². The van der Waals surface area contributed by atoms with Crippen LogP contribution in [-0.2, 0) is 17.1 Å². The molecule has 0 aliphatic carbocycles. The van der Waals surface area contributed by atoms with Crippen molar-refractivity contribution in [2.24, 2.45) is 0 Å². The second-order valence-electron chi connectivity index (χ2n) is 6.21. The Morgan fingerprint density at radius 1 is 1.14 bits per heavy atom. The summed E-state index contributed by atoms with van der Waals surface area (Å²) in [7, 11) is 1.66. The fourth-order valence-electron chi connectivity index (χ4n) is 2.70. The third kappa shape index (κ3) is 5.33. The summed E-state index contributed by atoms with van der Waals surface area (Å²) in [5.41, 5.74) is 1.19. The molecule has 0 unspecified atom stereocenters. The molecule has 0 aliphatic rings. The summed E-state index contributed by atoms with van der Waals surface area (Å²) in [4.78, 5) is 0. The maximum atomic E-state index is 13.8. The van der Waals surface area contributed by atoms with Crippen molar-refractivity contribution in [1.29, 1.82) is 0 Å². The summed E-state index contributed by atoms with van der Waals surface area (Å²) in [6, 6.07) is 14.5. The largest absolute Gasteiger partial charge is 0.483 e. The van der Waals surface area contributed by atoms with Gasteiger partial charge in [0.15, 0.2) is 22.5 Å². The number of halogens is 2. The van der Waals surface area contributed by atoms with Crippen LogP contribution in [0.5, 0.6) is 5.75 Å². The van der Waals surface area contributed by atoms with Gasteiger partial charge in [-0.1, -0.05) is 52.0 Å². The molecule has 148 valence electrons. The smallest absolute Gasteiger partial charge is 0.191 e. The number of hydrogen-bond donors (Lipinski definition) is 0. The Morgan fingerprint density at radius 2 is 1.89 bits per heavy atom. The van der Waals surface area contributed by atoms with Crippen LogP contribution in [0.3, 0.4) is 0 Å². The maximum Gasteiger partial charge on any atom is 0.191 e.